The molecule has 0 aliphatic carbocycles. The second-order valence-electron chi connectivity index (χ2n) is 5.44. The summed E-state index contributed by atoms with van der Waals surface area (Å²) in [6, 6.07) is 0. The third-order valence-electron chi connectivity index (χ3n) is 4.14. The molecule has 2 heterocycles. The van der Waals surface area contributed by atoms with Gasteiger partial charge < -0.3 is 9.80 Å². The second-order valence-corrected chi connectivity index (χ2v) is 5.44. The Hall–Kier alpha value is -0.0800. The lowest BCUT2D eigenvalue weighted by Crippen LogP contribution is -2.34. The Labute approximate surface area is 122 Å². The van der Waals surface area contributed by atoms with E-state index in [9.17, 15) is 0 Å². The van der Waals surface area contributed by atoms with E-state index in [-0.39, 0.29) is 0 Å². The summed E-state index contributed by atoms with van der Waals surface area (Å²) in [6.07, 6.45) is 8.66. The van der Waals surface area contributed by atoms with Crippen LogP contribution in [0.5, 0.6) is 0 Å². The first-order valence-electron chi connectivity index (χ1n) is 8.75. The minimum absolute atomic E-state index is 1.02. The molecule has 0 aromatic carbocycles. The molecule has 2 nitrogen and oxygen atoms in total. The number of rotatable bonds is 3. The van der Waals surface area contributed by atoms with E-state index in [1.807, 2.05) is 27.7 Å². The molecule has 0 unspecified atom stereocenters. The van der Waals surface area contributed by atoms with Gasteiger partial charge in [-0.05, 0) is 77.8 Å². The van der Waals surface area contributed by atoms with E-state index in [4.69, 9.17) is 0 Å². The standard InChI is InChI=1S/C13H26N2.2C2H6/c1-14-10-5-13(6-11-14)7-12-15-8-3-2-4-9-15;2*1-2/h13H,2-12H2,1H3;2*1-2H3. The highest BCUT2D eigenvalue weighted by atomic mass is 15.1. The van der Waals surface area contributed by atoms with Crippen molar-refractivity contribution in [3.05, 3.63) is 0 Å². The van der Waals surface area contributed by atoms with Crippen molar-refractivity contribution < 1.29 is 0 Å². The molecule has 2 heteroatoms. The first kappa shape index (κ1) is 18.9. The van der Waals surface area contributed by atoms with E-state index < -0.39 is 0 Å². The molecule has 0 N–H and O–H groups in total. The van der Waals surface area contributed by atoms with E-state index >= 15 is 0 Å². The van der Waals surface area contributed by atoms with E-state index in [0.29, 0.717) is 0 Å². The van der Waals surface area contributed by atoms with Crippen molar-refractivity contribution in [3.63, 3.8) is 0 Å². The van der Waals surface area contributed by atoms with Crippen LogP contribution in [0.2, 0.25) is 0 Å². The van der Waals surface area contributed by atoms with Crippen molar-refractivity contribution in [2.75, 3.05) is 39.8 Å². The Morgan fingerprint density at radius 3 is 1.84 bits per heavy atom. The SMILES string of the molecule is CC.CC.CN1CCC(CCN2CCCCC2)CC1. The lowest BCUT2D eigenvalue weighted by atomic mass is 9.93. The highest BCUT2D eigenvalue weighted by Crippen LogP contribution is 2.20. The highest BCUT2D eigenvalue weighted by Gasteiger charge is 2.18. The van der Waals surface area contributed by atoms with Crippen molar-refractivity contribution in [2.24, 2.45) is 5.92 Å². The quantitative estimate of drug-likeness (QED) is 0.756. The van der Waals surface area contributed by atoms with Gasteiger partial charge in [-0.1, -0.05) is 34.1 Å². The Kier molecular flexibility index (Phi) is 12.9. The molecule has 19 heavy (non-hydrogen) atoms. The van der Waals surface area contributed by atoms with Gasteiger partial charge in [0, 0.05) is 0 Å². The summed E-state index contributed by atoms with van der Waals surface area (Å²) in [5.41, 5.74) is 0. The molecule has 0 amide bonds. The van der Waals surface area contributed by atoms with Gasteiger partial charge >= 0.3 is 0 Å². The van der Waals surface area contributed by atoms with Crippen molar-refractivity contribution >= 4 is 0 Å². The smallest absolute Gasteiger partial charge is 0.00161 e. The number of piperidine rings is 2. The summed E-state index contributed by atoms with van der Waals surface area (Å²) in [5, 5.41) is 0. The van der Waals surface area contributed by atoms with Crippen LogP contribution in [0.15, 0.2) is 0 Å². The molecular weight excluding hydrogens is 232 g/mol. The Morgan fingerprint density at radius 1 is 0.789 bits per heavy atom. The number of hydrogen-bond acceptors (Lipinski definition) is 2. The van der Waals surface area contributed by atoms with Gasteiger partial charge in [0.1, 0.15) is 0 Å². The van der Waals surface area contributed by atoms with Crippen molar-refractivity contribution in [2.45, 2.75) is 66.2 Å². The molecule has 0 bridgehead atoms. The van der Waals surface area contributed by atoms with Crippen LogP contribution in [0.3, 0.4) is 0 Å². The molecule has 0 aromatic rings. The van der Waals surface area contributed by atoms with Crippen LogP contribution >= 0.6 is 0 Å². The summed E-state index contributed by atoms with van der Waals surface area (Å²) in [5.74, 6) is 1.02. The number of hydrogen-bond donors (Lipinski definition) is 0. The van der Waals surface area contributed by atoms with Gasteiger partial charge in [0.05, 0.1) is 0 Å². The van der Waals surface area contributed by atoms with Crippen LogP contribution < -0.4 is 0 Å². The third kappa shape index (κ3) is 8.65. The molecule has 2 aliphatic rings. The van der Waals surface area contributed by atoms with Crippen molar-refractivity contribution in [1.82, 2.24) is 9.80 Å². The average molecular weight is 271 g/mol. The average Bonchev–Trinajstić information content (AvgIpc) is 2.52. The molecule has 0 radical (unpaired) electrons. The van der Waals surface area contributed by atoms with Crippen LogP contribution in [-0.2, 0) is 0 Å². The van der Waals surface area contributed by atoms with Gasteiger partial charge in [-0.3, -0.25) is 0 Å². The predicted octanol–water partition coefficient (Wildman–Crippen LogP) is 4.26. The molecule has 2 rings (SSSR count). The zero-order chi connectivity index (χ0) is 14.5. The van der Waals surface area contributed by atoms with Gasteiger partial charge in [0.25, 0.3) is 0 Å². The first-order chi connectivity index (χ1) is 9.34. The maximum Gasteiger partial charge on any atom is -0.00161 e. The van der Waals surface area contributed by atoms with E-state index in [1.165, 1.54) is 71.2 Å². The van der Waals surface area contributed by atoms with Crippen molar-refractivity contribution in [3.8, 4) is 0 Å². The predicted molar refractivity (Wildman–Crippen MR) is 87.8 cm³/mol. The molecular formula is C17H38N2. The minimum atomic E-state index is 1.02. The summed E-state index contributed by atoms with van der Waals surface area (Å²) in [4.78, 5) is 5.15. The Balaban J connectivity index is 0.000000741. The van der Waals surface area contributed by atoms with E-state index in [2.05, 4.69) is 16.8 Å². The highest BCUT2D eigenvalue weighted by molar-refractivity contribution is 4.72. The fourth-order valence-electron chi connectivity index (χ4n) is 2.90. The summed E-state index contributed by atoms with van der Waals surface area (Å²) in [7, 11) is 2.25. The molecule has 0 saturated carbocycles. The largest absolute Gasteiger partial charge is 0.306 e. The van der Waals surface area contributed by atoms with Crippen LogP contribution in [0, 0.1) is 5.92 Å². The molecule has 116 valence electrons. The van der Waals surface area contributed by atoms with E-state index in [0.717, 1.165) is 5.92 Å². The lowest BCUT2D eigenvalue weighted by Gasteiger charge is -2.32. The summed E-state index contributed by atoms with van der Waals surface area (Å²) >= 11 is 0. The van der Waals surface area contributed by atoms with Crippen LogP contribution in [0.1, 0.15) is 66.2 Å². The second kappa shape index (κ2) is 12.9. The zero-order valence-corrected chi connectivity index (χ0v) is 14.2. The maximum atomic E-state index is 2.68. The van der Waals surface area contributed by atoms with Crippen molar-refractivity contribution in [1.29, 1.82) is 0 Å². The van der Waals surface area contributed by atoms with Gasteiger partial charge in [-0.2, -0.15) is 0 Å². The van der Waals surface area contributed by atoms with Gasteiger partial charge in [-0.25, -0.2) is 0 Å². The van der Waals surface area contributed by atoms with Gasteiger partial charge in [0.15, 0.2) is 0 Å². The normalized spacial score (nSPS) is 21.9. The lowest BCUT2D eigenvalue weighted by molar-refractivity contribution is 0.173. The molecule has 0 aromatic heterocycles. The zero-order valence-electron chi connectivity index (χ0n) is 14.2. The molecule has 2 aliphatic heterocycles. The summed E-state index contributed by atoms with van der Waals surface area (Å²) < 4.78 is 0. The minimum Gasteiger partial charge on any atom is -0.306 e. The maximum absolute atomic E-state index is 2.68. The number of nitrogens with zero attached hydrogens (tertiary/aromatic N) is 2. The molecule has 2 fully saturated rings. The summed E-state index contributed by atoms with van der Waals surface area (Å²) in [6.45, 7) is 14.8. The third-order valence-corrected chi connectivity index (χ3v) is 4.14. The van der Waals surface area contributed by atoms with Gasteiger partial charge in [0.2, 0.25) is 0 Å². The Morgan fingerprint density at radius 2 is 1.32 bits per heavy atom. The van der Waals surface area contributed by atoms with Gasteiger partial charge in [-0.15, -0.1) is 0 Å². The topological polar surface area (TPSA) is 6.48 Å². The molecule has 2 saturated heterocycles. The number of likely N-dealkylation sites (tertiary alicyclic amines) is 2. The monoisotopic (exact) mass is 270 g/mol. The van der Waals surface area contributed by atoms with Crippen LogP contribution in [0.25, 0.3) is 0 Å². The van der Waals surface area contributed by atoms with Crippen LogP contribution in [-0.4, -0.2) is 49.6 Å². The fourth-order valence-corrected chi connectivity index (χ4v) is 2.90. The fraction of sp³-hybridized carbons (Fsp3) is 1.00. The molecule has 0 atom stereocenters. The van der Waals surface area contributed by atoms with E-state index in [1.54, 1.807) is 0 Å². The Bertz CT molecular complexity index is 168. The molecule has 0 spiro atoms. The van der Waals surface area contributed by atoms with Crippen LogP contribution in [0.4, 0.5) is 0 Å². The first-order valence-corrected chi connectivity index (χ1v) is 8.75.